The van der Waals surface area contributed by atoms with Gasteiger partial charge in [-0.05, 0) is 37.6 Å². The van der Waals surface area contributed by atoms with Crippen LogP contribution in [0.25, 0.3) is 0 Å². The van der Waals surface area contributed by atoms with Crippen LogP contribution in [0, 0.1) is 6.92 Å². The monoisotopic (exact) mass is 329 g/mol. The third-order valence-corrected chi connectivity index (χ3v) is 4.39. The maximum absolute atomic E-state index is 12.2. The highest BCUT2D eigenvalue weighted by molar-refractivity contribution is 7.99. The lowest BCUT2D eigenvalue weighted by atomic mass is 10.2. The van der Waals surface area contributed by atoms with E-state index in [-0.39, 0.29) is 5.91 Å². The van der Waals surface area contributed by atoms with Crippen molar-refractivity contribution in [3.8, 4) is 5.75 Å². The minimum atomic E-state index is -0.443. The van der Waals surface area contributed by atoms with Crippen molar-refractivity contribution < 1.29 is 9.53 Å². The summed E-state index contributed by atoms with van der Waals surface area (Å²) in [4.78, 5) is 13.4. The summed E-state index contributed by atoms with van der Waals surface area (Å²) in [6.45, 7) is 4.66. The first kappa shape index (κ1) is 17.4. The average Bonchev–Trinajstić information content (AvgIpc) is 2.59. The Morgan fingerprint density at radius 2 is 1.83 bits per heavy atom. The Bertz CT molecular complexity index is 599. The Morgan fingerprint density at radius 1 is 1.13 bits per heavy atom. The van der Waals surface area contributed by atoms with E-state index in [0.717, 1.165) is 11.5 Å². The molecule has 1 N–H and O–H groups in total. The van der Waals surface area contributed by atoms with Crippen LogP contribution in [0.2, 0.25) is 0 Å². The fraction of sp³-hybridized carbons (Fsp3) is 0.316. The van der Waals surface area contributed by atoms with Gasteiger partial charge in [0.2, 0.25) is 0 Å². The molecule has 1 atom stereocenters. The van der Waals surface area contributed by atoms with Crippen LogP contribution < -0.4 is 10.1 Å². The zero-order valence-corrected chi connectivity index (χ0v) is 14.4. The molecule has 122 valence electrons. The van der Waals surface area contributed by atoms with Gasteiger partial charge in [-0.3, -0.25) is 4.79 Å². The maximum atomic E-state index is 12.2. The van der Waals surface area contributed by atoms with E-state index >= 15 is 0 Å². The van der Waals surface area contributed by atoms with Crippen molar-refractivity contribution >= 4 is 17.7 Å². The van der Waals surface area contributed by atoms with Crippen molar-refractivity contribution in [3.05, 3.63) is 60.2 Å². The second kappa shape index (κ2) is 9.26. The lowest BCUT2D eigenvalue weighted by Gasteiger charge is -2.17. The van der Waals surface area contributed by atoms with Crippen molar-refractivity contribution in [2.45, 2.75) is 31.3 Å². The van der Waals surface area contributed by atoms with Crippen molar-refractivity contribution in [3.63, 3.8) is 0 Å². The molecular formula is C19H23NO2S. The number of carbonyl (C=O) groups is 1. The van der Waals surface area contributed by atoms with E-state index in [1.54, 1.807) is 11.8 Å². The molecule has 23 heavy (non-hydrogen) atoms. The number of benzene rings is 2. The normalized spacial score (nSPS) is 11.7. The lowest BCUT2D eigenvalue weighted by molar-refractivity contribution is -0.127. The van der Waals surface area contributed by atoms with E-state index in [1.165, 1.54) is 10.5 Å². The molecule has 0 fully saturated rings. The van der Waals surface area contributed by atoms with Crippen molar-refractivity contribution in [1.29, 1.82) is 0 Å². The third-order valence-electron chi connectivity index (χ3n) is 3.38. The second-order valence-electron chi connectivity index (χ2n) is 5.28. The number of nitrogens with one attached hydrogen (secondary N) is 1. The number of aryl methyl sites for hydroxylation is 1. The molecule has 0 bridgehead atoms. The SMILES string of the molecule is CC[C@H](Oc1ccccc1)C(=O)NCCSc1ccc(C)cc1. The number of thioether (sulfide) groups is 1. The molecule has 0 aliphatic heterocycles. The molecule has 3 nitrogen and oxygen atoms in total. The summed E-state index contributed by atoms with van der Waals surface area (Å²) in [5.41, 5.74) is 1.26. The predicted octanol–water partition coefficient (Wildman–Crippen LogP) is 4.06. The van der Waals surface area contributed by atoms with E-state index in [4.69, 9.17) is 4.74 Å². The van der Waals surface area contributed by atoms with Crippen LogP contribution in [0.3, 0.4) is 0 Å². The van der Waals surface area contributed by atoms with Gasteiger partial charge in [-0.1, -0.05) is 42.8 Å². The van der Waals surface area contributed by atoms with E-state index < -0.39 is 6.10 Å². The Hall–Kier alpha value is -1.94. The molecule has 0 aliphatic rings. The predicted molar refractivity (Wildman–Crippen MR) is 96.1 cm³/mol. The standard InChI is InChI=1S/C19H23NO2S/c1-3-18(22-16-7-5-4-6-8-16)19(21)20-13-14-23-17-11-9-15(2)10-12-17/h4-12,18H,3,13-14H2,1-2H3,(H,20,21)/t18-/m0/s1. The molecule has 0 saturated carbocycles. The van der Waals surface area contributed by atoms with Gasteiger partial charge in [0.1, 0.15) is 5.75 Å². The van der Waals surface area contributed by atoms with Crippen LogP contribution in [0.15, 0.2) is 59.5 Å². The molecule has 2 aromatic carbocycles. The molecule has 0 aromatic heterocycles. The lowest BCUT2D eigenvalue weighted by Crippen LogP contribution is -2.39. The quantitative estimate of drug-likeness (QED) is 0.586. The van der Waals surface area contributed by atoms with Crippen LogP contribution >= 0.6 is 11.8 Å². The number of rotatable bonds is 8. The fourth-order valence-corrected chi connectivity index (χ4v) is 2.85. The summed E-state index contributed by atoms with van der Waals surface area (Å²) in [7, 11) is 0. The number of para-hydroxylation sites is 1. The Morgan fingerprint density at radius 3 is 2.48 bits per heavy atom. The summed E-state index contributed by atoms with van der Waals surface area (Å²) in [5, 5.41) is 2.95. The largest absolute Gasteiger partial charge is 0.481 e. The Labute approximate surface area is 142 Å². The summed E-state index contributed by atoms with van der Waals surface area (Å²) in [5.74, 6) is 1.51. The van der Waals surface area contributed by atoms with Crippen molar-refractivity contribution in [2.75, 3.05) is 12.3 Å². The minimum absolute atomic E-state index is 0.0548. The van der Waals surface area contributed by atoms with Gasteiger partial charge in [-0.15, -0.1) is 11.8 Å². The summed E-state index contributed by atoms with van der Waals surface area (Å²) >= 11 is 1.74. The van der Waals surface area contributed by atoms with E-state index in [2.05, 4.69) is 36.5 Å². The van der Waals surface area contributed by atoms with Gasteiger partial charge < -0.3 is 10.1 Å². The molecule has 0 unspecified atom stereocenters. The first-order valence-electron chi connectivity index (χ1n) is 7.88. The van der Waals surface area contributed by atoms with Crippen LogP contribution in [0.5, 0.6) is 5.75 Å². The summed E-state index contributed by atoms with van der Waals surface area (Å²) < 4.78 is 5.74. The molecule has 2 aromatic rings. The smallest absolute Gasteiger partial charge is 0.261 e. The van der Waals surface area contributed by atoms with Gasteiger partial charge in [0, 0.05) is 17.2 Å². The molecule has 2 rings (SSSR count). The zero-order valence-electron chi connectivity index (χ0n) is 13.6. The van der Waals surface area contributed by atoms with Crippen LogP contribution in [0.1, 0.15) is 18.9 Å². The molecule has 4 heteroatoms. The zero-order chi connectivity index (χ0) is 16.5. The molecule has 0 aliphatic carbocycles. The third kappa shape index (κ3) is 5.99. The first-order valence-corrected chi connectivity index (χ1v) is 8.86. The summed E-state index contributed by atoms with van der Waals surface area (Å²) in [6, 6.07) is 17.9. The number of ether oxygens (including phenoxy) is 1. The summed E-state index contributed by atoms with van der Waals surface area (Å²) in [6.07, 6.45) is 0.202. The van der Waals surface area contributed by atoms with Gasteiger partial charge in [0.25, 0.3) is 5.91 Å². The van der Waals surface area contributed by atoms with E-state index in [0.29, 0.717) is 13.0 Å². The van der Waals surface area contributed by atoms with Gasteiger partial charge in [-0.25, -0.2) is 0 Å². The molecule has 0 radical (unpaired) electrons. The van der Waals surface area contributed by atoms with Crippen LogP contribution in [-0.4, -0.2) is 24.3 Å². The first-order chi connectivity index (χ1) is 11.2. The average molecular weight is 329 g/mol. The number of amides is 1. The molecular weight excluding hydrogens is 306 g/mol. The van der Waals surface area contributed by atoms with Gasteiger partial charge >= 0.3 is 0 Å². The second-order valence-corrected chi connectivity index (χ2v) is 6.45. The molecule has 0 saturated heterocycles. The van der Waals surface area contributed by atoms with E-state index in [9.17, 15) is 4.79 Å². The minimum Gasteiger partial charge on any atom is -0.481 e. The number of hydrogen-bond donors (Lipinski definition) is 1. The molecule has 0 heterocycles. The molecule has 0 spiro atoms. The molecule has 1 amide bonds. The van der Waals surface area contributed by atoms with Crippen molar-refractivity contribution in [2.24, 2.45) is 0 Å². The van der Waals surface area contributed by atoms with Gasteiger partial charge in [0.15, 0.2) is 6.10 Å². The van der Waals surface area contributed by atoms with Crippen molar-refractivity contribution in [1.82, 2.24) is 5.32 Å². The fourth-order valence-electron chi connectivity index (χ4n) is 2.08. The maximum Gasteiger partial charge on any atom is 0.261 e. The van der Waals surface area contributed by atoms with Gasteiger partial charge in [0.05, 0.1) is 0 Å². The highest BCUT2D eigenvalue weighted by atomic mass is 32.2. The van der Waals surface area contributed by atoms with Crippen LogP contribution in [0.4, 0.5) is 0 Å². The highest BCUT2D eigenvalue weighted by Crippen LogP contribution is 2.17. The number of carbonyl (C=O) groups excluding carboxylic acids is 1. The van der Waals surface area contributed by atoms with E-state index in [1.807, 2.05) is 37.3 Å². The van der Waals surface area contributed by atoms with Gasteiger partial charge in [-0.2, -0.15) is 0 Å². The topological polar surface area (TPSA) is 38.3 Å². The Balaban J connectivity index is 1.73. The number of hydrogen-bond acceptors (Lipinski definition) is 3. The Kier molecular flexibility index (Phi) is 7.01. The highest BCUT2D eigenvalue weighted by Gasteiger charge is 2.17. The van der Waals surface area contributed by atoms with Crippen LogP contribution in [-0.2, 0) is 4.79 Å².